The van der Waals surface area contributed by atoms with Crippen molar-refractivity contribution in [2.75, 3.05) is 7.11 Å². The maximum absolute atomic E-state index is 10.9. The summed E-state index contributed by atoms with van der Waals surface area (Å²) >= 11 is 11.9. The normalized spacial score (nSPS) is 11.4. The van der Waals surface area contributed by atoms with Gasteiger partial charge in [0.15, 0.2) is 5.75 Å². The predicted octanol–water partition coefficient (Wildman–Crippen LogP) is 3.88. The quantitative estimate of drug-likeness (QED) is 0.848. The summed E-state index contributed by atoms with van der Waals surface area (Å²) in [4.78, 5) is 10.9. The number of methoxy groups -OCH3 is 1. The fourth-order valence-electron chi connectivity index (χ4n) is 1.37. The van der Waals surface area contributed by atoms with Gasteiger partial charge in [0, 0.05) is 5.57 Å². The molecule has 0 unspecified atom stereocenters. The molecule has 0 aliphatic carbocycles. The average Bonchev–Trinajstić information content (AvgIpc) is 2.25. The molecule has 92 valence electrons. The molecule has 3 nitrogen and oxygen atoms in total. The molecule has 17 heavy (non-hydrogen) atoms. The van der Waals surface area contributed by atoms with Crippen LogP contribution in [0.4, 0.5) is 0 Å². The molecular formula is C12H12Cl2O3. The average molecular weight is 275 g/mol. The zero-order valence-electron chi connectivity index (χ0n) is 9.46. The van der Waals surface area contributed by atoms with Crippen molar-refractivity contribution in [3.05, 3.63) is 33.3 Å². The third kappa shape index (κ3) is 3.38. The van der Waals surface area contributed by atoms with Gasteiger partial charge >= 0.3 is 5.97 Å². The van der Waals surface area contributed by atoms with Crippen LogP contribution in [0.2, 0.25) is 10.0 Å². The standard InChI is InChI=1S/C12H12Cl2O3/c1-3-8(12(15)16)4-7-5-9(13)11(17-2)10(14)6-7/h4-6H,3H2,1-2H3,(H,15,16). The molecule has 0 aliphatic heterocycles. The summed E-state index contributed by atoms with van der Waals surface area (Å²) in [5.74, 6) is -0.561. The number of hydrogen-bond donors (Lipinski definition) is 1. The van der Waals surface area contributed by atoms with Crippen LogP contribution in [-0.4, -0.2) is 18.2 Å². The summed E-state index contributed by atoms with van der Waals surface area (Å²) in [5, 5.41) is 9.62. The lowest BCUT2D eigenvalue weighted by atomic mass is 10.1. The molecule has 0 atom stereocenters. The van der Waals surface area contributed by atoms with Crippen LogP contribution in [0.25, 0.3) is 6.08 Å². The van der Waals surface area contributed by atoms with Crippen molar-refractivity contribution in [2.45, 2.75) is 13.3 Å². The van der Waals surface area contributed by atoms with Crippen LogP contribution in [0.1, 0.15) is 18.9 Å². The number of rotatable bonds is 4. The second-order valence-corrected chi connectivity index (χ2v) is 4.16. The first-order valence-electron chi connectivity index (χ1n) is 4.96. The molecular weight excluding hydrogens is 263 g/mol. The van der Waals surface area contributed by atoms with Crippen LogP contribution >= 0.6 is 23.2 Å². The van der Waals surface area contributed by atoms with E-state index in [-0.39, 0.29) is 0 Å². The number of carboxylic acids is 1. The highest BCUT2D eigenvalue weighted by atomic mass is 35.5. The van der Waals surface area contributed by atoms with Gasteiger partial charge in [0.05, 0.1) is 17.2 Å². The van der Waals surface area contributed by atoms with Crippen LogP contribution in [0, 0.1) is 0 Å². The van der Waals surface area contributed by atoms with Crippen molar-refractivity contribution in [3.63, 3.8) is 0 Å². The Balaban J connectivity index is 3.21. The fourth-order valence-corrected chi connectivity index (χ4v) is 2.03. The molecule has 0 aromatic heterocycles. The third-order valence-electron chi connectivity index (χ3n) is 2.22. The van der Waals surface area contributed by atoms with Gasteiger partial charge in [-0.2, -0.15) is 0 Å². The topological polar surface area (TPSA) is 46.5 Å². The molecule has 5 heteroatoms. The van der Waals surface area contributed by atoms with Crippen molar-refractivity contribution in [2.24, 2.45) is 0 Å². The van der Waals surface area contributed by atoms with Crippen LogP contribution in [-0.2, 0) is 4.79 Å². The van der Waals surface area contributed by atoms with Gasteiger partial charge in [-0.05, 0) is 30.2 Å². The van der Waals surface area contributed by atoms with E-state index >= 15 is 0 Å². The fraction of sp³-hybridized carbons (Fsp3) is 0.250. The molecule has 0 fully saturated rings. The Bertz CT molecular complexity index is 444. The number of halogens is 2. The summed E-state index contributed by atoms with van der Waals surface area (Å²) in [6, 6.07) is 3.23. The second-order valence-electron chi connectivity index (χ2n) is 3.35. The summed E-state index contributed by atoms with van der Waals surface area (Å²) in [7, 11) is 1.47. The maximum Gasteiger partial charge on any atom is 0.331 e. The highest BCUT2D eigenvalue weighted by molar-refractivity contribution is 6.37. The third-order valence-corrected chi connectivity index (χ3v) is 2.78. The van der Waals surface area contributed by atoms with Gasteiger partial charge in [0.2, 0.25) is 0 Å². The number of benzene rings is 1. The van der Waals surface area contributed by atoms with Gasteiger partial charge in [-0.25, -0.2) is 4.79 Å². The SMILES string of the molecule is CCC(=Cc1cc(Cl)c(OC)c(Cl)c1)C(=O)O. The molecule has 0 saturated carbocycles. The van der Waals surface area contributed by atoms with Crippen molar-refractivity contribution >= 4 is 35.2 Å². The number of ether oxygens (including phenoxy) is 1. The maximum atomic E-state index is 10.9. The van der Waals surface area contributed by atoms with Crippen LogP contribution in [0.3, 0.4) is 0 Å². The van der Waals surface area contributed by atoms with Gasteiger partial charge < -0.3 is 9.84 Å². The molecule has 1 aromatic rings. The molecule has 0 heterocycles. The lowest BCUT2D eigenvalue weighted by Gasteiger charge is -2.07. The molecule has 0 saturated heterocycles. The summed E-state index contributed by atoms with van der Waals surface area (Å²) in [6.45, 7) is 1.77. The predicted molar refractivity (Wildman–Crippen MR) is 68.9 cm³/mol. The van der Waals surface area contributed by atoms with E-state index in [1.54, 1.807) is 25.1 Å². The Hall–Kier alpha value is -1.19. The van der Waals surface area contributed by atoms with E-state index in [1.165, 1.54) is 7.11 Å². The van der Waals surface area contributed by atoms with Gasteiger partial charge in [0.1, 0.15) is 0 Å². The first-order chi connectivity index (χ1) is 7.99. The van der Waals surface area contributed by atoms with Crippen LogP contribution in [0.15, 0.2) is 17.7 Å². The Labute approximate surface area is 110 Å². The number of aliphatic carboxylic acids is 1. The van der Waals surface area contributed by atoms with Gasteiger partial charge in [-0.15, -0.1) is 0 Å². The first kappa shape index (κ1) is 13.9. The lowest BCUT2D eigenvalue weighted by Crippen LogP contribution is -1.98. The van der Waals surface area contributed by atoms with E-state index in [0.717, 1.165) is 0 Å². The summed E-state index contributed by atoms with van der Waals surface area (Å²) in [6.07, 6.45) is 1.97. The van der Waals surface area contributed by atoms with Crippen molar-refractivity contribution < 1.29 is 14.6 Å². The Morgan fingerprint density at radius 1 is 1.41 bits per heavy atom. The molecule has 1 rings (SSSR count). The van der Waals surface area contributed by atoms with E-state index in [9.17, 15) is 4.79 Å². The van der Waals surface area contributed by atoms with Gasteiger partial charge in [0.25, 0.3) is 0 Å². The molecule has 1 N–H and O–H groups in total. The minimum absolute atomic E-state index is 0.294. The highest BCUT2D eigenvalue weighted by Gasteiger charge is 2.09. The zero-order valence-corrected chi connectivity index (χ0v) is 11.0. The van der Waals surface area contributed by atoms with E-state index in [4.69, 9.17) is 33.0 Å². The van der Waals surface area contributed by atoms with Crippen molar-refractivity contribution in [1.82, 2.24) is 0 Å². The Kier molecular flexibility index (Phi) is 4.85. The van der Waals surface area contributed by atoms with Crippen molar-refractivity contribution in [3.8, 4) is 5.75 Å². The largest absolute Gasteiger partial charge is 0.494 e. The number of carbonyl (C=O) groups is 1. The van der Waals surface area contributed by atoms with E-state index in [2.05, 4.69) is 0 Å². The van der Waals surface area contributed by atoms with Crippen molar-refractivity contribution in [1.29, 1.82) is 0 Å². The Morgan fingerprint density at radius 2 is 1.94 bits per heavy atom. The number of carboxylic acid groups (broad SMARTS) is 1. The smallest absolute Gasteiger partial charge is 0.331 e. The molecule has 0 radical (unpaired) electrons. The molecule has 0 aliphatic rings. The number of hydrogen-bond acceptors (Lipinski definition) is 2. The monoisotopic (exact) mass is 274 g/mol. The molecule has 0 bridgehead atoms. The van der Waals surface area contributed by atoms with Gasteiger partial charge in [-0.1, -0.05) is 30.1 Å². The minimum atomic E-state index is -0.949. The summed E-state index contributed by atoms with van der Waals surface area (Å²) < 4.78 is 5.01. The second kappa shape index (κ2) is 5.94. The van der Waals surface area contributed by atoms with E-state index in [1.807, 2.05) is 0 Å². The van der Waals surface area contributed by atoms with Crippen LogP contribution < -0.4 is 4.74 Å². The molecule has 1 aromatic carbocycles. The van der Waals surface area contributed by atoms with Crippen LogP contribution in [0.5, 0.6) is 5.75 Å². The summed E-state index contributed by atoms with van der Waals surface area (Å²) in [5.41, 5.74) is 0.933. The van der Waals surface area contributed by atoms with Gasteiger partial charge in [-0.3, -0.25) is 0 Å². The minimum Gasteiger partial charge on any atom is -0.494 e. The molecule has 0 amide bonds. The zero-order chi connectivity index (χ0) is 13.0. The highest BCUT2D eigenvalue weighted by Crippen LogP contribution is 2.34. The first-order valence-corrected chi connectivity index (χ1v) is 5.72. The van der Waals surface area contributed by atoms with E-state index in [0.29, 0.717) is 33.4 Å². The molecule has 0 spiro atoms. The Morgan fingerprint density at radius 3 is 2.29 bits per heavy atom. The van der Waals surface area contributed by atoms with E-state index < -0.39 is 5.97 Å². The lowest BCUT2D eigenvalue weighted by molar-refractivity contribution is -0.132.